The first-order valence-electron chi connectivity index (χ1n) is 6.34. The largest absolute Gasteiger partial charge is 0.506 e. The summed E-state index contributed by atoms with van der Waals surface area (Å²) in [6.45, 7) is 0. The van der Waals surface area contributed by atoms with Crippen molar-refractivity contribution in [2.45, 2.75) is 18.8 Å². The van der Waals surface area contributed by atoms with Gasteiger partial charge in [0.25, 0.3) is 5.91 Å². The summed E-state index contributed by atoms with van der Waals surface area (Å²) in [6.07, 6.45) is 2.05. The number of benzene rings is 1. The molecule has 1 heterocycles. The van der Waals surface area contributed by atoms with Gasteiger partial charge in [-0.25, -0.2) is 9.78 Å². The number of aromatic hydroxyl groups is 1. The molecule has 108 valence electrons. The van der Waals surface area contributed by atoms with Crippen LogP contribution in [0.2, 0.25) is 0 Å². The fourth-order valence-corrected chi connectivity index (χ4v) is 1.86. The van der Waals surface area contributed by atoms with Crippen molar-refractivity contribution in [3.8, 4) is 5.75 Å². The molecule has 1 amide bonds. The maximum atomic E-state index is 12.0. The number of carbonyl (C=O) groups is 2. The summed E-state index contributed by atoms with van der Waals surface area (Å²) < 4.78 is 0. The molecule has 0 aliphatic heterocycles. The van der Waals surface area contributed by atoms with E-state index in [1.165, 1.54) is 18.2 Å². The smallest absolute Gasteiger partial charge is 0.335 e. The lowest BCUT2D eigenvalue weighted by atomic mass is 10.2. The summed E-state index contributed by atoms with van der Waals surface area (Å²) in [5, 5.41) is 27.5. The number of amides is 1. The van der Waals surface area contributed by atoms with Crippen LogP contribution in [0.25, 0.3) is 0 Å². The van der Waals surface area contributed by atoms with Crippen LogP contribution in [-0.4, -0.2) is 37.3 Å². The predicted octanol–water partition coefficient (Wildman–Crippen LogP) is 1.34. The van der Waals surface area contributed by atoms with Crippen molar-refractivity contribution in [1.29, 1.82) is 0 Å². The second-order valence-electron chi connectivity index (χ2n) is 4.81. The number of carboxylic acid groups (broad SMARTS) is 1. The highest BCUT2D eigenvalue weighted by Crippen LogP contribution is 2.37. The summed E-state index contributed by atoms with van der Waals surface area (Å²) in [5.41, 5.74) is -0.0468. The number of nitrogens with zero attached hydrogens (tertiary/aromatic N) is 2. The number of anilines is 1. The van der Waals surface area contributed by atoms with E-state index in [1.54, 1.807) is 0 Å². The highest BCUT2D eigenvalue weighted by atomic mass is 16.4. The third-order valence-corrected chi connectivity index (χ3v) is 3.16. The highest BCUT2D eigenvalue weighted by molar-refractivity contribution is 6.03. The average molecular weight is 288 g/mol. The molecule has 21 heavy (non-hydrogen) atoms. The first-order valence-corrected chi connectivity index (χ1v) is 6.34. The van der Waals surface area contributed by atoms with E-state index in [0.717, 1.165) is 12.8 Å². The second kappa shape index (κ2) is 4.89. The Balaban J connectivity index is 1.79. The number of H-pyrrole nitrogens is 1. The third-order valence-electron chi connectivity index (χ3n) is 3.16. The molecular formula is C13H12N4O4. The van der Waals surface area contributed by atoms with Gasteiger partial charge in [0.15, 0.2) is 0 Å². The number of phenols is 1. The molecule has 1 aromatic carbocycles. The van der Waals surface area contributed by atoms with Crippen LogP contribution in [0.15, 0.2) is 18.2 Å². The SMILES string of the molecule is O=C(O)c1ccc(O)c(NC(=O)c2n[nH]c(C3CC3)n2)c1. The molecule has 1 aromatic heterocycles. The lowest BCUT2D eigenvalue weighted by Crippen LogP contribution is -2.14. The minimum absolute atomic E-state index is 0.00216. The zero-order chi connectivity index (χ0) is 15.0. The van der Waals surface area contributed by atoms with Gasteiger partial charge in [0, 0.05) is 5.92 Å². The van der Waals surface area contributed by atoms with Crippen molar-refractivity contribution in [1.82, 2.24) is 15.2 Å². The topological polar surface area (TPSA) is 128 Å². The summed E-state index contributed by atoms with van der Waals surface area (Å²) in [7, 11) is 0. The second-order valence-corrected chi connectivity index (χ2v) is 4.81. The van der Waals surface area contributed by atoms with Gasteiger partial charge < -0.3 is 15.5 Å². The van der Waals surface area contributed by atoms with Crippen LogP contribution in [0.1, 0.15) is 45.6 Å². The predicted molar refractivity (Wildman–Crippen MR) is 71.4 cm³/mol. The maximum absolute atomic E-state index is 12.0. The van der Waals surface area contributed by atoms with E-state index in [2.05, 4.69) is 20.5 Å². The normalized spacial score (nSPS) is 13.9. The molecule has 0 saturated heterocycles. The van der Waals surface area contributed by atoms with Crippen LogP contribution >= 0.6 is 0 Å². The lowest BCUT2D eigenvalue weighted by Gasteiger charge is -2.06. The fraction of sp³-hybridized carbons (Fsp3) is 0.231. The summed E-state index contributed by atoms with van der Waals surface area (Å²) in [6, 6.07) is 3.61. The number of carboxylic acids is 1. The van der Waals surface area contributed by atoms with Gasteiger partial charge in [-0.15, -0.1) is 5.10 Å². The average Bonchev–Trinajstić information content (AvgIpc) is 3.18. The van der Waals surface area contributed by atoms with E-state index in [4.69, 9.17) is 5.11 Å². The van der Waals surface area contributed by atoms with Gasteiger partial charge in [-0.3, -0.25) is 9.89 Å². The van der Waals surface area contributed by atoms with Crippen LogP contribution in [0.4, 0.5) is 5.69 Å². The molecule has 1 aliphatic rings. The minimum atomic E-state index is -1.15. The van der Waals surface area contributed by atoms with Crippen molar-refractivity contribution in [2.24, 2.45) is 0 Å². The number of nitrogens with one attached hydrogen (secondary N) is 2. The molecule has 0 atom stereocenters. The molecule has 3 rings (SSSR count). The van der Waals surface area contributed by atoms with Gasteiger partial charge in [-0.05, 0) is 31.0 Å². The van der Waals surface area contributed by atoms with Gasteiger partial charge in [-0.2, -0.15) is 0 Å². The molecule has 0 radical (unpaired) electrons. The maximum Gasteiger partial charge on any atom is 0.335 e. The Hall–Kier alpha value is -2.90. The summed E-state index contributed by atoms with van der Waals surface area (Å²) >= 11 is 0. The Labute approximate surface area is 118 Å². The van der Waals surface area contributed by atoms with Crippen LogP contribution in [-0.2, 0) is 0 Å². The molecule has 8 nitrogen and oxygen atoms in total. The zero-order valence-corrected chi connectivity index (χ0v) is 10.8. The Kier molecular flexibility index (Phi) is 3.05. The van der Waals surface area contributed by atoms with Gasteiger partial charge in [0.2, 0.25) is 5.82 Å². The number of aromatic carboxylic acids is 1. The Bertz CT molecular complexity index is 721. The molecule has 0 bridgehead atoms. The highest BCUT2D eigenvalue weighted by Gasteiger charge is 2.28. The summed E-state index contributed by atoms with van der Waals surface area (Å²) in [4.78, 5) is 26.9. The molecule has 0 unspecified atom stereocenters. The molecule has 8 heteroatoms. The van der Waals surface area contributed by atoms with Crippen molar-refractivity contribution in [2.75, 3.05) is 5.32 Å². The molecular weight excluding hydrogens is 276 g/mol. The first kappa shape index (κ1) is 13.1. The van der Waals surface area contributed by atoms with Crippen molar-refractivity contribution in [3.05, 3.63) is 35.4 Å². The molecule has 1 saturated carbocycles. The Morgan fingerprint density at radius 3 is 2.76 bits per heavy atom. The quantitative estimate of drug-likeness (QED) is 0.628. The van der Waals surface area contributed by atoms with Gasteiger partial charge in [0.05, 0.1) is 11.3 Å². The first-order chi connectivity index (χ1) is 10.0. The van der Waals surface area contributed by atoms with Crippen molar-refractivity contribution >= 4 is 17.6 Å². The minimum Gasteiger partial charge on any atom is -0.506 e. The number of hydrogen-bond acceptors (Lipinski definition) is 5. The number of hydrogen-bond donors (Lipinski definition) is 4. The van der Waals surface area contributed by atoms with E-state index >= 15 is 0 Å². The number of carbonyl (C=O) groups excluding carboxylic acids is 1. The monoisotopic (exact) mass is 288 g/mol. The number of aromatic nitrogens is 3. The molecule has 1 aliphatic carbocycles. The van der Waals surface area contributed by atoms with Crippen LogP contribution in [0, 0.1) is 0 Å². The number of phenolic OH excluding ortho intramolecular Hbond substituents is 1. The summed E-state index contributed by atoms with van der Waals surface area (Å²) in [5.74, 6) is -1.04. The van der Waals surface area contributed by atoms with Crippen LogP contribution in [0.5, 0.6) is 5.75 Å². The number of aromatic amines is 1. The van der Waals surface area contributed by atoms with Gasteiger partial charge >= 0.3 is 5.97 Å². The van der Waals surface area contributed by atoms with E-state index < -0.39 is 11.9 Å². The van der Waals surface area contributed by atoms with Crippen LogP contribution < -0.4 is 5.32 Å². The Morgan fingerprint density at radius 1 is 1.33 bits per heavy atom. The van der Waals surface area contributed by atoms with E-state index in [9.17, 15) is 14.7 Å². The standard InChI is InChI=1S/C13H12N4O4/c18-9-4-3-7(13(20)21)5-8(9)14-12(19)11-15-10(16-17-11)6-1-2-6/h3-6,18H,1-2H2,(H,14,19)(H,20,21)(H,15,16,17). The Morgan fingerprint density at radius 2 is 2.10 bits per heavy atom. The van der Waals surface area contributed by atoms with Gasteiger partial charge in [0.1, 0.15) is 11.6 Å². The van der Waals surface area contributed by atoms with Gasteiger partial charge in [-0.1, -0.05) is 0 Å². The molecule has 1 fully saturated rings. The molecule has 4 N–H and O–H groups in total. The number of rotatable bonds is 4. The van der Waals surface area contributed by atoms with E-state index in [-0.39, 0.29) is 22.8 Å². The van der Waals surface area contributed by atoms with E-state index in [0.29, 0.717) is 11.7 Å². The molecule has 0 spiro atoms. The van der Waals surface area contributed by atoms with Crippen molar-refractivity contribution in [3.63, 3.8) is 0 Å². The lowest BCUT2D eigenvalue weighted by molar-refractivity contribution is 0.0696. The third kappa shape index (κ3) is 2.69. The fourth-order valence-electron chi connectivity index (χ4n) is 1.86. The zero-order valence-electron chi connectivity index (χ0n) is 10.8. The van der Waals surface area contributed by atoms with E-state index in [1.807, 2.05) is 0 Å². The van der Waals surface area contributed by atoms with Crippen LogP contribution in [0.3, 0.4) is 0 Å². The molecule has 2 aromatic rings. The van der Waals surface area contributed by atoms with Crippen molar-refractivity contribution < 1.29 is 19.8 Å².